The van der Waals surface area contributed by atoms with Crippen LogP contribution in [0.1, 0.15) is 10.8 Å². The third kappa shape index (κ3) is 4.39. The van der Waals surface area contributed by atoms with E-state index in [2.05, 4.69) is 10.2 Å². The molecule has 0 aliphatic rings. The van der Waals surface area contributed by atoms with Crippen molar-refractivity contribution in [3.8, 4) is 5.75 Å². The molecule has 2 heterocycles. The normalized spacial score (nSPS) is 10.8. The van der Waals surface area contributed by atoms with Crippen molar-refractivity contribution in [2.45, 2.75) is 17.6 Å². The highest BCUT2D eigenvalue weighted by molar-refractivity contribution is 7.98. The lowest BCUT2D eigenvalue weighted by Gasteiger charge is -2.02. The molecule has 4 nitrogen and oxygen atoms in total. The van der Waals surface area contributed by atoms with Gasteiger partial charge in [-0.25, -0.2) is 0 Å². The molecule has 0 fully saturated rings. The topological polar surface area (TPSA) is 48.2 Å². The van der Waals surface area contributed by atoms with Crippen LogP contribution in [0.3, 0.4) is 0 Å². The molecule has 0 aliphatic heterocycles. The smallest absolute Gasteiger partial charge is 0.277 e. The van der Waals surface area contributed by atoms with Gasteiger partial charge in [0.25, 0.3) is 11.1 Å². The molecule has 22 heavy (non-hydrogen) atoms. The number of ether oxygens (including phenoxy) is 1. The monoisotopic (exact) mass is 372 g/mol. The van der Waals surface area contributed by atoms with Crippen LogP contribution in [0, 0.1) is 0 Å². The highest BCUT2D eigenvalue weighted by Crippen LogP contribution is 2.28. The number of thiophene rings is 1. The zero-order chi connectivity index (χ0) is 15.4. The third-order valence-corrected chi connectivity index (χ3v) is 5.12. The van der Waals surface area contributed by atoms with Crippen LogP contribution in [-0.4, -0.2) is 10.2 Å². The van der Waals surface area contributed by atoms with E-state index in [4.69, 9.17) is 32.4 Å². The number of thioether (sulfide) groups is 1. The van der Waals surface area contributed by atoms with E-state index < -0.39 is 0 Å². The molecule has 0 spiro atoms. The second-order valence-corrected chi connectivity index (χ2v) is 7.36. The Kier molecular flexibility index (Phi) is 5.25. The van der Waals surface area contributed by atoms with E-state index in [9.17, 15) is 0 Å². The first kappa shape index (κ1) is 15.7. The number of hydrogen-bond acceptors (Lipinski definition) is 6. The van der Waals surface area contributed by atoms with Gasteiger partial charge in [0.2, 0.25) is 0 Å². The second kappa shape index (κ2) is 7.37. The Morgan fingerprint density at radius 1 is 1.09 bits per heavy atom. The van der Waals surface area contributed by atoms with Gasteiger partial charge in [-0.2, -0.15) is 0 Å². The van der Waals surface area contributed by atoms with Gasteiger partial charge in [-0.3, -0.25) is 0 Å². The third-order valence-electron chi connectivity index (χ3n) is 2.59. The minimum Gasteiger partial charge on any atom is -0.484 e. The highest BCUT2D eigenvalue weighted by atomic mass is 35.5. The molecule has 3 aromatic rings. The Hall–Kier alpha value is -1.21. The highest BCUT2D eigenvalue weighted by Gasteiger charge is 2.08. The first-order chi connectivity index (χ1) is 10.7. The molecule has 0 aliphatic carbocycles. The van der Waals surface area contributed by atoms with Crippen molar-refractivity contribution >= 4 is 46.3 Å². The van der Waals surface area contributed by atoms with Crippen molar-refractivity contribution in [3.05, 3.63) is 56.5 Å². The van der Waals surface area contributed by atoms with Gasteiger partial charge in [0.05, 0.1) is 4.34 Å². The number of aromatic nitrogens is 2. The molecule has 0 amide bonds. The van der Waals surface area contributed by atoms with Crippen molar-refractivity contribution in [1.82, 2.24) is 10.2 Å². The van der Waals surface area contributed by atoms with E-state index in [0.29, 0.717) is 21.9 Å². The van der Waals surface area contributed by atoms with Crippen molar-refractivity contribution in [2.75, 3.05) is 0 Å². The molecule has 3 rings (SSSR count). The van der Waals surface area contributed by atoms with Crippen LogP contribution in [0.15, 0.2) is 46.0 Å². The Morgan fingerprint density at radius 3 is 2.64 bits per heavy atom. The summed E-state index contributed by atoms with van der Waals surface area (Å²) < 4.78 is 11.8. The van der Waals surface area contributed by atoms with Crippen molar-refractivity contribution in [3.63, 3.8) is 0 Å². The number of halogens is 2. The molecule has 0 bridgehead atoms. The summed E-state index contributed by atoms with van der Waals surface area (Å²) in [6.45, 7) is 0.222. The molecule has 114 valence electrons. The first-order valence-corrected chi connectivity index (χ1v) is 8.82. The van der Waals surface area contributed by atoms with E-state index in [1.54, 1.807) is 35.6 Å². The Bertz CT molecular complexity index is 743. The Balaban J connectivity index is 1.51. The lowest BCUT2D eigenvalue weighted by Crippen LogP contribution is -1.95. The van der Waals surface area contributed by atoms with E-state index in [1.165, 1.54) is 11.8 Å². The molecule has 1 aromatic carbocycles. The number of rotatable bonds is 6. The standard InChI is InChI=1S/C14H10Cl2N2O2S2/c15-9-1-3-10(4-2-9)19-7-13-17-18-14(20-13)21-8-11-5-6-12(16)22-11/h1-6H,7-8H2. The molecule has 0 radical (unpaired) electrons. The van der Waals surface area contributed by atoms with Gasteiger partial charge in [0, 0.05) is 15.7 Å². The fourth-order valence-corrected chi connectivity index (χ4v) is 3.63. The largest absolute Gasteiger partial charge is 0.484 e. The summed E-state index contributed by atoms with van der Waals surface area (Å²) in [6.07, 6.45) is 0. The van der Waals surface area contributed by atoms with E-state index in [-0.39, 0.29) is 6.61 Å². The van der Waals surface area contributed by atoms with Gasteiger partial charge in [0.1, 0.15) is 5.75 Å². The second-order valence-electron chi connectivity index (χ2n) is 4.20. The Morgan fingerprint density at radius 2 is 1.91 bits per heavy atom. The maximum Gasteiger partial charge on any atom is 0.277 e. The van der Waals surface area contributed by atoms with Crippen LogP contribution < -0.4 is 4.74 Å². The fraction of sp³-hybridized carbons (Fsp3) is 0.143. The lowest BCUT2D eigenvalue weighted by atomic mass is 10.3. The summed E-state index contributed by atoms with van der Waals surface area (Å²) in [5.74, 6) is 1.88. The average molecular weight is 373 g/mol. The number of benzene rings is 1. The zero-order valence-electron chi connectivity index (χ0n) is 11.2. The van der Waals surface area contributed by atoms with Crippen molar-refractivity contribution in [1.29, 1.82) is 0 Å². The summed E-state index contributed by atoms with van der Waals surface area (Å²) in [5.41, 5.74) is 0. The van der Waals surface area contributed by atoms with Crippen molar-refractivity contribution < 1.29 is 9.15 Å². The van der Waals surface area contributed by atoms with Crippen molar-refractivity contribution in [2.24, 2.45) is 0 Å². The van der Waals surface area contributed by atoms with E-state index in [0.717, 1.165) is 15.0 Å². The maximum absolute atomic E-state index is 5.89. The maximum atomic E-state index is 5.89. The van der Waals surface area contributed by atoms with Gasteiger partial charge in [-0.1, -0.05) is 35.0 Å². The molecular formula is C14H10Cl2N2O2S2. The lowest BCUT2D eigenvalue weighted by molar-refractivity contribution is 0.252. The fourth-order valence-electron chi connectivity index (χ4n) is 1.59. The van der Waals surface area contributed by atoms with Gasteiger partial charge in [-0.15, -0.1) is 21.5 Å². The quantitative estimate of drug-likeness (QED) is 0.548. The van der Waals surface area contributed by atoms with E-state index >= 15 is 0 Å². The predicted octanol–water partition coefficient (Wildman–Crippen LogP) is 5.31. The summed E-state index contributed by atoms with van der Waals surface area (Å²) in [5, 5.41) is 9.11. The number of hydrogen-bond donors (Lipinski definition) is 0. The van der Waals surface area contributed by atoms with E-state index in [1.807, 2.05) is 12.1 Å². The van der Waals surface area contributed by atoms with Gasteiger partial charge >= 0.3 is 0 Å². The predicted molar refractivity (Wildman–Crippen MR) is 89.0 cm³/mol. The molecule has 0 saturated heterocycles. The molecular weight excluding hydrogens is 363 g/mol. The molecule has 0 N–H and O–H groups in total. The van der Waals surface area contributed by atoms with Crippen LogP contribution >= 0.6 is 46.3 Å². The molecule has 0 atom stereocenters. The number of nitrogens with zero attached hydrogens (tertiary/aromatic N) is 2. The summed E-state index contributed by atoms with van der Waals surface area (Å²) in [7, 11) is 0. The van der Waals surface area contributed by atoms with Crippen LogP contribution in [0.25, 0.3) is 0 Å². The first-order valence-electron chi connectivity index (χ1n) is 6.27. The average Bonchev–Trinajstić information content (AvgIpc) is 3.13. The minimum atomic E-state index is 0.222. The Labute approximate surface area is 145 Å². The molecule has 0 unspecified atom stereocenters. The van der Waals surface area contributed by atoms with Gasteiger partial charge < -0.3 is 9.15 Å². The summed E-state index contributed by atoms with van der Waals surface area (Å²) >= 11 is 14.7. The molecule has 8 heteroatoms. The summed E-state index contributed by atoms with van der Waals surface area (Å²) in [6, 6.07) is 11.0. The van der Waals surface area contributed by atoms with Crippen LogP contribution in [0.4, 0.5) is 0 Å². The van der Waals surface area contributed by atoms with Gasteiger partial charge in [-0.05, 0) is 36.4 Å². The van der Waals surface area contributed by atoms with Crippen LogP contribution in [0.5, 0.6) is 5.75 Å². The van der Waals surface area contributed by atoms with Gasteiger partial charge in [0.15, 0.2) is 6.61 Å². The van der Waals surface area contributed by atoms with Crippen LogP contribution in [-0.2, 0) is 12.4 Å². The van der Waals surface area contributed by atoms with Crippen LogP contribution in [0.2, 0.25) is 9.36 Å². The summed E-state index contributed by atoms with van der Waals surface area (Å²) in [4.78, 5) is 1.16. The SMILES string of the molecule is Clc1ccc(OCc2nnc(SCc3ccc(Cl)s3)o2)cc1. The molecule has 2 aromatic heterocycles. The molecule has 0 saturated carbocycles. The minimum absolute atomic E-state index is 0.222. The zero-order valence-corrected chi connectivity index (χ0v) is 14.3.